The maximum atomic E-state index is 12.1. The second-order valence-electron chi connectivity index (χ2n) is 6.70. The molecular weight excluding hydrogens is 304 g/mol. The summed E-state index contributed by atoms with van der Waals surface area (Å²) < 4.78 is 0. The highest BCUT2D eigenvalue weighted by molar-refractivity contribution is 5.83. The lowest BCUT2D eigenvalue weighted by Crippen LogP contribution is -2.13. The van der Waals surface area contributed by atoms with Gasteiger partial charge in [-0.05, 0) is 38.0 Å². The minimum atomic E-state index is -0.784. The zero-order chi connectivity index (χ0) is 17.8. The van der Waals surface area contributed by atoms with E-state index in [0.717, 1.165) is 44.9 Å². The van der Waals surface area contributed by atoms with Gasteiger partial charge in [0.05, 0.1) is 6.10 Å². The number of hydrogen-bond acceptors (Lipinski definition) is 3. The van der Waals surface area contributed by atoms with Gasteiger partial charge in [-0.2, -0.15) is 0 Å². The van der Waals surface area contributed by atoms with Crippen LogP contribution in [-0.2, 0) is 9.59 Å². The third-order valence-electron chi connectivity index (χ3n) is 4.67. The van der Waals surface area contributed by atoms with E-state index in [1.54, 1.807) is 0 Å². The molecule has 0 heterocycles. The number of aliphatic hydroxyl groups is 1. The number of unbranched alkanes of at least 4 members (excludes halogenated alkanes) is 2. The lowest BCUT2D eigenvalue weighted by atomic mass is 9.90. The highest BCUT2D eigenvalue weighted by atomic mass is 16.4. The van der Waals surface area contributed by atoms with Crippen molar-refractivity contribution in [3.63, 3.8) is 0 Å². The SMILES string of the molecule is CCCCCC(O)C=CC1CCC(=O)C1CCC=CCCC(=O)O. The first kappa shape index (κ1) is 20.6. The molecule has 24 heavy (non-hydrogen) atoms. The van der Waals surface area contributed by atoms with Crippen LogP contribution in [0.4, 0.5) is 0 Å². The van der Waals surface area contributed by atoms with Crippen LogP contribution in [0.5, 0.6) is 0 Å². The van der Waals surface area contributed by atoms with E-state index in [9.17, 15) is 14.7 Å². The number of aliphatic hydroxyl groups excluding tert-OH is 1. The maximum absolute atomic E-state index is 12.1. The van der Waals surface area contributed by atoms with Crippen molar-refractivity contribution in [2.45, 2.75) is 77.2 Å². The second-order valence-corrected chi connectivity index (χ2v) is 6.70. The van der Waals surface area contributed by atoms with E-state index in [2.05, 4.69) is 6.92 Å². The Hall–Kier alpha value is -1.42. The minimum Gasteiger partial charge on any atom is -0.481 e. The average Bonchev–Trinajstić information content (AvgIpc) is 2.89. The molecule has 3 unspecified atom stereocenters. The van der Waals surface area contributed by atoms with Crippen molar-refractivity contribution in [2.75, 3.05) is 0 Å². The fourth-order valence-corrected chi connectivity index (χ4v) is 3.23. The fraction of sp³-hybridized carbons (Fsp3) is 0.700. The Morgan fingerprint density at radius 2 is 2.04 bits per heavy atom. The van der Waals surface area contributed by atoms with Crippen LogP contribution in [-0.4, -0.2) is 28.1 Å². The number of allylic oxidation sites excluding steroid dienone is 3. The van der Waals surface area contributed by atoms with Gasteiger partial charge in [-0.25, -0.2) is 0 Å². The molecule has 0 radical (unpaired) electrons. The number of carbonyl (C=O) groups excluding carboxylic acids is 1. The molecule has 1 aliphatic rings. The molecule has 0 saturated heterocycles. The Morgan fingerprint density at radius 1 is 1.29 bits per heavy atom. The number of hydrogen-bond donors (Lipinski definition) is 2. The molecule has 0 aromatic rings. The Balaban J connectivity index is 2.35. The normalized spacial score (nSPS) is 22.7. The molecule has 2 N–H and O–H groups in total. The molecule has 0 aliphatic heterocycles. The molecule has 0 aromatic heterocycles. The second kappa shape index (κ2) is 12.0. The summed E-state index contributed by atoms with van der Waals surface area (Å²) in [7, 11) is 0. The Labute approximate surface area is 145 Å². The summed E-state index contributed by atoms with van der Waals surface area (Å²) in [6, 6.07) is 0. The van der Waals surface area contributed by atoms with Crippen LogP contribution in [0.2, 0.25) is 0 Å². The summed E-state index contributed by atoms with van der Waals surface area (Å²) in [4.78, 5) is 22.5. The van der Waals surface area contributed by atoms with Crippen molar-refractivity contribution in [1.29, 1.82) is 0 Å². The van der Waals surface area contributed by atoms with Crippen molar-refractivity contribution in [3.8, 4) is 0 Å². The van der Waals surface area contributed by atoms with Crippen LogP contribution in [0, 0.1) is 11.8 Å². The predicted octanol–water partition coefficient (Wildman–Crippen LogP) is 4.28. The Morgan fingerprint density at radius 3 is 2.75 bits per heavy atom. The summed E-state index contributed by atoms with van der Waals surface area (Å²) in [6.45, 7) is 2.15. The summed E-state index contributed by atoms with van der Waals surface area (Å²) in [5.74, 6) is -0.170. The van der Waals surface area contributed by atoms with Gasteiger partial charge in [-0.1, -0.05) is 50.5 Å². The first-order valence-electron chi connectivity index (χ1n) is 9.30. The van der Waals surface area contributed by atoms with Gasteiger partial charge in [-0.3, -0.25) is 9.59 Å². The summed E-state index contributed by atoms with van der Waals surface area (Å²) in [6.07, 6.45) is 15.3. The van der Waals surface area contributed by atoms with Gasteiger partial charge < -0.3 is 10.2 Å². The van der Waals surface area contributed by atoms with E-state index in [0.29, 0.717) is 18.6 Å². The van der Waals surface area contributed by atoms with Crippen molar-refractivity contribution >= 4 is 11.8 Å². The highest BCUT2D eigenvalue weighted by Crippen LogP contribution is 2.33. The van der Waals surface area contributed by atoms with Gasteiger partial charge in [-0.15, -0.1) is 0 Å². The van der Waals surface area contributed by atoms with Crippen LogP contribution in [0.3, 0.4) is 0 Å². The number of carboxylic acid groups (broad SMARTS) is 1. The van der Waals surface area contributed by atoms with E-state index in [1.807, 2.05) is 24.3 Å². The van der Waals surface area contributed by atoms with Crippen LogP contribution >= 0.6 is 0 Å². The van der Waals surface area contributed by atoms with E-state index in [1.165, 1.54) is 0 Å². The number of rotatable bonds is 12. The topological polar surface area (TPSA) is 74.6 Å². The van der Waals surface area contributed by atoms with Crippen molar-refractivity contribution in [2.24, 2.45) is 11.8 Å². The average molecular weight is 336 g/mol. The van der Waals surface area contributed by atoms with Gasteiger partial charge in [0.15, 0.2) is 0 Å². The highest BCUT2D eigenvalue weighted by Gasteiger charge is 2.32. The summed E-state index contributed by atoms with van der Waals surface area (Å²) in [5.41, 5.74) is 0. The molecule has 1 rings (SSSR count). The quantitative estimate of drug-likeness (QED) is 0.412. The van der Waals surface area contributed by atoms with Crippen LogP contribution in [0.1, 0.15) is 71.1 Å². The zero-order valence-corrected chi connectivity index (χ0v) is 14.8. The fourth-order valence-electron chi connectivity index (χ4n) is 3.23. The van der Waals surface area contributed by atoms with Crippen molar-refractivity contribution < 1.29 is 19.8 Å². The molecule has 1 saturated carbocycles. The van der Waals surface area contributed by atoms with Crippen LogP contribution in [0.15, 0.2) is 24.3 Å². The third kappa shape index (κ3) is 8.44. The number of Topliss-reactive ketones (excluding diaryl/α,β-unsaturated/α-hetero) is 1. The first-order valence-corrected chi connectivity index (χ1v) is 9.30. The number of ketones is 1. The number of carbonyl (C=O) groups is 2. The van der Waals surface area contributed by atoms with Gasteiger partial charge in [0.25, 0.3) is 0 Å². The molecule has 4 heteroatoms. The lowest BCUT2D eigenvalue weighted by molar-refractivity contribution is -0.136. The zero-order valence-electron chi connectivity index (χ0n) is 14.8. The minimum absolute atomic E-state index is 0.0493. The maximum Gasteiger partial charge on any atom is 0.303 e. The largest absolute Gasteiger partial charge is 0.481 e. The van der Waals surface area contributed by atoms with Crippen molar-refractivity contribution in [3.05, 3.63) is 24.3 Å². The Kier molecular flexibility index (Phi) is 10.3. The molecule has 0 bridgehead atoms. The third-order valence-corrected chi connectivity index (χ3v) is 4.67. The molecular formula is C20H32O4. The molecule has 1 aliphatic carbocycles. The molecule has 4 nitrogen and oxygen atoms in total. The monoisotopic (exact) mass is 336 g/mol. The van der Waals surface area contributed by atoms with Gasteiger partial charge in [0, 0.05) is 18.8 Å². The molecule has 3 atom stereocenters. The smallest absolute Gasteiger partial charge is 0.303 e. The summed E-state index contributed by atoms with van der Waals surface area (Å²) >= 11 is 0. The van der Waals surface area contributed by atoms with E-state index < -0.39 is 12.1 Å². The van der Waals surface area contributed by atoms with Gasteiger partial charge in [0.2, 0.25) is 0 Å². The van der Waals surface area contributed by atoms with Gasteiger partial charge in [0.1, 0.15) is 5.78 Å². The molecule has 0 aromatic carbocycles. The van der Waals surface area contributed by atoms with Crippen LogP contribution < -0.4 is 0 Å². The molecule has 0 spiro atoms. The first-order chi connectivity index (χ1) is 11.5. The van der Waals surface area contributed by atoms with Gasteiger partial charge >= 0.3 is 5.97 Å². The van der Waals surface area contributed by atoms with Crippen molar-refractivity contribution in [1.82, 2.24) is 0 Å². The van der Waals surface area contributed by atoms with E-state index >= 15 is 0 Å². The predicted molar refractivity (Wildman–Crippen MR) is 95.8 cm³/mol. The standard InChI is InChI=1S/C20H32O4/c1-2-3-6-9-17(21)14-12-16-13-15-19(22)18(16)10-7-4-5-8-11-20(23)24/h4-5,12,14,16-18,21H,2-3,6-11,13,15H2,1H3,(H,23,24). The number of aliphatic carboxylic acids is 1. The van der Waals surface area contributed by atoms with E-state index in [-0.39, 0.29) is 18.3 Å². The molecule has 136 valence electrons. The molecule has 0 amide bonds. The summed E-state index contributed by atoms with van der Waals surface area (Å²) in [5, 5.41) is 18.6. The number of carboxylic acids is 1. The Bertz CT molecular complexity index is 439. The van der Waals surface area contributed by atoms with Crippen LogP contribution in [0.25, 0.3) is 0 Å². The lowest BCUT2D eigenvalue weighted by Gasteiger charge is -2.14. The van der Waals surface area contributed by atoms with E-state index in [4.69, 9.17) is 5.11 Å². The molecule has 1 fully saturated rings.